The first-order valence-electron chi connectivity index (χ1n) is 8.97. The van der Waals surface area contributed by atoms with Crippen LogP contribution in [0.3, 0.4) is 0 Å². The van der Waals surface area contributed by atoms with E-state index in [2.05, 4.69) is 13.0 Å². The molecular formula is C20H26O5S. The minimum atomic E-state index is -3.14. The van der Waals surface area contributed by atoms with E-state index in [9.17, 15) is 13.5 Å². The van der Waals surface area contributed by atoms with Gasteiger partial charge in [-0.2, -0.15) is 0 Å². The van der Waals surface area contributed by atoms with Crippen LogP contribution >= 0.6 is 0 Å². The molecule has 1 N–H and O–H groups in total. The van der Waals surface area contributed by atoms with Gasteiger partial charge in [0.15, 0.2) is 9.84 Å². The van der Waals surface area contributed by atoms with Crippen molar-refractivity contribution in [2.24, 2.45) is 0 Å². The Kier molecular flexibility index (Phi) is 5.85. The molecule has 1 aromatic rings. The number of rotatable bonds is 7. The molecule has 3 rings (SSSR count). The van der Waals surface area contributed by atoms with Gasteiger partial charge in [-0.05, 0) is 48.1 Å². The Morgan fingerprint density at radius 3 is 2.73 bits per heavy atom. The van der Waals surface area contributed by atoms with Gasteiger partial charge in [-0.3, -0.25) is 0 Å². The predicted molar refractivity (Wildman–Crippen MR) is 102 cm³/mol. The van der Waals surface area contributed by atoms with Crippen molar-refractivity contribution in [2.75, 3.05) is 26.1 Å². The number of phenolic OH excluding ortho intramolecular Hbond substituents is 1. The number of fused-ring (bicyclic) bond motifs is 1. The van der Waals surface area contributed by atoms with Crippen LogP contribution in [0.15, 0.2) is 41.0 Å². The van der Waals surface area contributed by atoms with Crippen LogP contribution in [0, 0.1) is 0 Å². The van der Waals surface area contributed by atoms with Gasteiger partial charge in [-0.1, -0.05) is 30.7 Å². The van der Waals surface area contributed by atoms with Gasteiger partial charge in [0.1, 0.15) is 11.0 Å². The number of allylic oxidation sites excluding steroid dienone is 1. The molecule has 2 heterocycles. The number of aromatic hydroxyl groups is 1. The number of hydrogen-bond donors (Lipinski definition) is 1. The lowest BCUT2D eigenvalue weighted by Gasteiger charge is -2.14. The van der Waals surface area contributed by atoms with Gasteiger partial charge in [-0.25, -0.2) is 8.42 Å². The third kappa shape index (κ3) is 4.03. The fourth-order valence-corrected chi connectivity index (χ4v) is 5.71. The zero-order valence-corrected chi connectivity index (χ0v) is 16.1. The summed E-state index contributed by atoms with van der Waals surface area (Å²) in [6.07, 6.45) is 4.52. The van der Waals surface area contributed by atoms with Gasteiger partial charge in [-0.15, -0.1) is 0 Å². The van der Waals surface area contributed by atoms with Crippen molar-refractivity contribution in [1.29, 1.82) is 0 Å². The highest BCUT2D eigenvalue weighted by Gasteiger charge is 2.46. The third-order valence-corrected chi connectivity index (χ3v) is 7.13. The van der Waals surface area contributed by atoms with Crippen LogP contribution in [0.1, 0.15) is 31.7 Å². The lowest BCUT2D eigenvalue weighted by molar-refractivity contribution is 0.117. The molecule has 0 saturated carbocycles. The molecule has 0 unspecified atom stereocenters. The summed E-state index contributed by atoms with van der Waals surface area (Å²) in [5, 5.41) is 8.91. The van der Waals surface area contributed by atoms with Crippen molar-refractivity contribution < 1.29 is 23.0 Å². The smallest absolute Gasteiger partial charge is 0.163 e. The molecular weight excluding hydrogens is 352 g/mol. The summed E-state index contributed by atoms with van der Waals surface area (Å²) >= 11 is 0. The van der Waals surface area contributed by atoms with Crippen LogP contribution in [0.4, 0.5) is 0 Å². The van der Waals surface area contributed by atoms with Crippen molar-refractivity contribution >= 4 is 15.9 Å². The number of methoxy groups -OCH3 is 1. The maximum Gasteiger partial charge on any atom is 0.163 e. The molecule has 1 fully saturated rings. The summed E-state index contributed by atoms with van der Waals surface area (Å²) in [5.74, 6) is 0.357. The minimum Gasteiger partial charge on any atom is -0.508 e. The number of benzene rings is 1. The molecule has 0 bridgehead atoms. The number of sulfone groups is 1. The van der Waals surface area contributed by atoms with Crippen molar-refractivity contribution in [3.63, 3.8) is 0 Å². The Balaban J connectivity index is 1.72. The largest absolute Gasteiger partial charge is 0.508 e. The highest BCUT2D eigenvalue weighted by Crippen LogP contribution is 2.38. The standard InChI is InChI=1S/C20H26O5S/c1-3-14(10-15-4-7-17(21)8-5-15)6-9-18-20-16(11-24-2)13-26(22,23)19(20)12-25-18/h4-5,7-8,10,18-19,21H,3,6,9,11-13H2,1-2H3/b14-10+/t18-,19+/m1/s1. The minimum absolute atomic E-state index is 0.102. The van der Waals surface area contributed by atoms with Crippen molar-refractivity contribution in [2.45, 2.75) is 37.5 Å². The Labute approximate surface area is 155 Å². The molecule has 1 saturated heterocycles. The van der Waals surface area contributed by atoms with E-state index < -0.39 is 15.1 Å². The summed E-state index contributed by atoms with van der Waals surface area (Å²) in [4.78, 5) is 0. The van der Waals surface area contributed by atoms with Crippen LogP contribution in [0.2, 0.25) is 0 Å². The second kappa shape index (κ2) is 7.94. The van der Waals surface area contributed by atoms with Crippen LogP contribution < -0.4 is 0 Å². The molecule has 142 valence electrons. The van der Waals surface area contributed by atoms with Gasteiger partial charge >= 0.3 is 0 Å². The first-order valence-corrected chi connectivity index (χ1v) is 10.7. The molecule has 6 heteroatoms. The fraction of sp³-hybridized carbons (Fsp3) is 0.500. The van der Waals surface area contributed by atoms with Crippen LogP contribution in [-0.4, -0.2) is 51.0 Å². The number of hydrogen-bond acceptors (Lipinski definition) is 5. The van der Waals surface area contributed by atoms with Crippen LogP contribution in [-0.2, 0) is 19.3 Å². The zero-order valence-electron chi connectivity index (χ0n) is 15.3. The van der Waals surface area contributed by atoms with Gasteiger partial charge in [0.05, 0.1) is 25.1 Å². The topological polar surface area (TPSA) is 72.8 Å². The Bertz CT molecular complexity index is 805. The first kappa shape index (κ1) is 19.1. The summed E-state index contributed by atoms with van der Waals surface area (Å²) < 4.78 is 35.7. The summed E-state index contributed by atoms with van der Waals surface area (Å²) in [6, 6.07) is 7.12. The van der Waals surface area contributed by atoms with Crippen LogP contribution in [0.25, 0.3) is 6.08 Å². The third-order valence-electron chi connectivity index (χ3n) is 5.12. The van der Waals surface area contributed by atoms with Gasteiger partial charge in [0, 0.05) is 7.11 Å². The molecule has 2 aliphatic heterocycles. The first-order chi connectivity index (χ1) is 12.4. The Hall–Kier alpha value is -1.63. The summed E-state index contributed by atoms with van der Waals surface area (Å²) in [7, 11) is -1.55. The molecule has 0 amide bonds. The van der Waals surface area contributed by atoms with E-state index in [1.54, 1.807) is 19.2 Å². The quantitative estimate of drug-likeness (QED) is 0.738. The van der Waals surface area contributed by atoms with Gasteiger partial charge in [0.2, 0.25) is 0 Å². The van der Waals surface area contributed by atoms with Crippen LogP contribution in [0.5, 0.6) is 5.75 Å². The lowest BCUT2D eigenvalue weighted by Crippen LogP contribution is -2.19. The maximum atomic E-state index is 12.3. The maximum absolute atomic E-state index is 12.3. The van der Waals surface area contributed by atoms with E-state index in [1.165, 1.54) is 5.57 Å². The van der Waals surface area contributed by atoms with E-state index in [-0.39, 0.29) is 24.2 Å². The average Bonchev–Trinajstić information content (AvgIpc) is 3.14. The van der Waals surface area contributed by atoms with E-state index in [0.717, 1.165) is 36.0 Å². The molecule has 1 aromatic carbocycles. The fourth-order valence-electron chi connectivity index (χ4n) is 3.78. The molecule has 0 spiro atoms. The molecule has 0 aliphatic carbocycles. The molecule has 0 radical (unpaired) electrons. The van der Waals surface area contributed by atoms with E-state index in [4.69, 9.17) is 9.47 Å². The number of ether oxygens (including phenoxy) is 2. The summed E-state index contributed by atoms with van der Waals surface area (Å²) in [6.45, 7) is 2.73. The van der Waals surface area contributed by atoms with Crippen molar-refractivity contribution in [1.82, 2.24) is 0 Å². The van der Waals surface area contributed by atoms with Crippen molar-refractivity contribution in [3.05, 3.63) is 46.5 Å². The monoisotopic (exact) mass is 378 g/mol. The molecule has 2 atom stereocenters. The normalized spacial score (nSPS) is 24.9. The SMILES string of the molecule is CC/C(=C\c1ccc(O)cc1)CC[C@H]1OC[C@H]2C1=C(COC)CS2(=O)=O. The molecule has 26 heavy (non-hydrogen) atoms. The lowest BCUT2D eigenvalue weighted by atomic mass is 9.96. The highest BCUT2D eigenvalue weighted by atomic mass is 32.2. The number of phenols is 1. The summed E-state index contributed by atoms with van der Waals surface area (Å²) in [5.41, 5.74) is 4.14. The predicted octanol–water partition coefficient (Wildman–Crippen LogP) is 3.10. The average molecular weight is 378 g/mol. The second-order valence-corrected chi connectivity index (χ2v) is 9.08. The Morgan fingerprint density at radius 1 is 1.35 bits per heavy atom. The molecule has 0 aromatic heterocycles. The molecule has 2 aliphatic rings. The van der Waals surface area contributed by atoms with Gasteiger partial charge in [0.25, 0.3) is 0 Å². The van der Waals surface area contributed by atoms with Gasteiger partial charge < -0.3 is 14.6 Å². The van der Waals surface area contributed by atoms with E-state index in [0.29, 0.717) is 6.61 Å². The van der Waals surface area contributed by atoms with E-state index in [1.807, 2.05) is 12.1 Å². The van der Waals surface area contributed by atoms with E-state index >= 15 is 0 Å². The Morgan fingerprint density at radius 2 is 2.08 bits per heavy atom. The highest BCUT2D eigenvalue weighted by molar-refractivity contribution is 7.92. The second-order valence-electron chi connectivity index (χ2n) is 6.90. The molecule has 5 nitrogen and oxygen atoms in total. The van der Waals surface area contributed by atoms with Crippen molar-refractivity contribution in [3.8, 4) is 5.75 Å². The zero-order chi connectivity index (χ0) is 18.7.